The van der Waals surface area contributed by atoms with Crippen LogP contribution in [0, 0.1) is 17.3 Å². The van der Waals surface area contributed by atoms with Crippen LogP contribution in [0.2, 0.25) is 0 Å². The smallest absolute Gasteiger partial charge is 0.357 e. The Hall–Kier alpha value is -2.10. The first-order valence-corrected chi connectivity index (χ1v) is 4.57. The van der Waals surface area contributed by atoms with Crippen LogP contribution in [0.3, 0.4) is 0 Å². The van der Waals surface area contributed by atoms with Crippen LogP contribution < -0.4 is 0 Å². The number of carbonyl (C=O) groups is 1. The fourth-order valence-corrected chi connectivity index (χ4v) is 1.11. The molecule has 7 heteroatoms. The van der Waals surface area contributed by atoms with Crippen LogP contribution in [0.15, 0.2) is 6.07 Å². The average molecular weight is 244 g/mol. The number of rotatable bonds is 3. The number of esters is 1. The molecule has 0 aliphatic carbocycles. The number of alkyl halides is 2. The van der Waals surface area contributed by atoms with Gasteiger partial charge >= 0.3 is 5.97 Å². The van der Waals surface area contributed by atoms with Crippen molar-refractivity contribution >= 4 is 5.97 Å². The van der Waals surface area contributed by atoms with E-state index in [4.69, 9.17) is 5.26 Å². The molecule has 0 amide bonds. The Morgan fingerprint density at radius 3 is 2.76 bits per heavy atom. The molecule has 1 aromatic heterocycles. The Labute approximate surface area is 94.6 Å². The van der Waals surface area contributed by atoms with Crippen LogP contribution in [-0.4, -0.2) is 17.6 Å². The predicted octanol–water partition coefficient (Wildman–Crippen LogP) is 2.21. The number of carbonyl (C=O) groups excluding carboxylic acids is 1. The van der Waals surface area contributed by atoms with Crippen molar-refractivity contribution in [3.05, 3.63) is 28.8 Å². The third-order valence-corrected chi connectivity index (χ3v) is 1.83. The van der Waals surface area contributed by atoms with Crippen molar-refractivity contribution in [1.29, 1.82) is 5.26 Å². The Balaban J connectivity index is 3.34. The lowest BCUT2D eigenvalue weighted by molar-refractivity contribution is 0.0506. The van der Waals surface area contributed by atoms with Gasteiger partial charge in [-0.25, -0.2) is 18.6 Å². The third-order valence-electron chi connectivity index (χ3n) is 1.83. The number of hydrogen-bond acceptors (Lipinski definition) is 4. The number of pyridine rings is 1. The van der Waals surface area contributed by atoms with Crippen molar-refractivity contribution in [2.75, 3.05) is 6.61 Å². The molecule has 0 saturated heterocycles. The summed E-state index contributed by atoms with van der Waals surface area (Å²) in [6.45, 7) is 1.42. The van der Waals surface area contributed by atoms with Gasteiger partial charge in [0.25, 0.3) is 6.43 Å². The van der Waals surface area contributed by atoms with E-state index in [9.17, 15) is 18.0 Å². The molecule has 0 saturated carbocycles. The fourth-order valence-electron chi connectivity index (χ4n) is 1.11. The molecule has 1 aromatic rings. The van der Waals surface area contributed by atoms with E-state index in [2.05, 4.69) is 9.72 Å². The molecule has 0 bridgehead atoms. The number of nitriles is 1. The molecular formula is C10H7F3N2O2. The van der Waals surface area contributed by atoms with Crippen molar-refractivity contribution in [2.45, 2.75) is 13.3 Å². The summed E-state index contributed by atoms with van der Waals surface area (Å²) in [4.78, 5) is 14.3. The SMILES string of the molecule is CCOC(=O)c1nc(F)c(C#N)cc1C(F)F. The maximum absolute atomic E-state index is 13.1. The number of aromatic nitrogens is 1. The lowest BCUT2D eigenvalue weighted by Crippen LogP contribution is -2.13. The van der Waals surface area contributed by atoms with Crippen LogP contribution in [0.25, 0.3) is 0 Å². The number of nitrogens with zero attached hydrogens (tertiary/aromatic N) is 2. The first-order valence-electron chi connectivity index (χ1n) is 4.57. The monoisotopic (exact) mass is 244 g/mol. The normalized spacial score (nSPS) is 10.1. The quantitative estimate of drug-likeness (QED) is 0.604. The molecule has 0 spiro atoms. The minimum absolute atomic E-state index is 0.0508. The van der Waals surface area contributed by atoms with E-state index >= 15 is 0 Å². The zero-order chi connectivity index (χ0) is 13.0. The summed E-state index contributed by atoms with van der Waals surface area (Å²) in [7, 11) is 0. The second-order valence-corrected chi connectivity index (χ2v) is 2.90. The Kier molecular flexibility index (Phi) is 4.04. The number of hydrogen-bond donors (Lipinski definition) is 0. The van der Waals surface area contributed by atoms with Crippen molar-refractivity contribution in [3.8, 4) is 6.07 Å². The highest BCUT2D eigenvalue weighted by atomic mass is 19.3. The maximum Gasteiger partial charge on any atom is 0.357 e. The standard InChI is InChI=1S/C10H7F3N2O2/c1-2-17-10(16)7-6(8(11)12)3-5(4-14)9(13)15-7/h3,8H,2H2,1H3. The maximum atomic E-state index is 13.1. The molecule has 0 aliphatic heterocycles. The molecule has 1 rings (SSSR count). The molecule has 17 heavy (non-hydrogen) atoms. The lowest BCUT2D eigenvalue weighted by Gasteiger charge is -2.07. The minimum Gasteiger partial charge on any atom is -0.461 e. The zero-order valence-electron chi connectivity index (χ0n) is 8.71. The molecule has 0 aromatic carbocycles. The third kappa shape index (κ3) is 2.72. The largest absolute Gasteiger partial charge is 0.461 e. The second-order valence-electron chi connectivity index (χ2n) is 2.90. The summed E-state index contributed by atoms with van der Waals surface area (Å²) >= 11 is 0. The molecule has 0 unspecified atom stereocenters. The topological polar surface area (TPSA) is 63.0 Å². The average Bonchev–Trinajstić information content (AvgIpc) is 2.28. The number of ether oxygens (including phenoxy) is 1. The summed E-state index contributed by atoms with van der Waals surface area (Å²) in [5.74, 6) is -2.42. The van der Waals surface area contributed by atoms with Gasteiger partial charge in [0.05, 0.1) is 12.2 Å². The van der Waals surface area contributed by atoms with Gasteiger partial charge in [0.1, 0.15) is 11.6 Å². The Morgan fingerprint density at radius 2 is 2.29 bits per heavy atom. The van der Waals surface area contributed by atoms with Crippen LogP contribution in [0.1, 0.15) is 35.0 Å². The van der Waals surface area contributed by atoms with E-state index in [0.717, 1.165) is 0 Å². The summed E-state index contributed by atoms with van der Waals surface area (Å²) in [6.07, 6.45) is -3.05. The van der Waals surface area contributed by atoms with Gasteiger partial charge in [-0.15, -0.1) is 0 Å². The second kappa shape index (κ2) is 5.30. The van der Waals surface area contributed by atoms with Crippen LogP contribution in [0.4, 0.5) is 13.2 Å². The molecule has 0 atom stereocenters. The Bertz CT molecular complexity index is 483. The van der Waals surface area contributed by atoms with Gasteiger partial charge in [0, 0.05) is 0 Å². The number of halogens is 3. The molecule has 1 heterocycles. The van der Waals surface area contributed by atoms with Gasteiger partial charge < -0.3 is 4.74 Å². The minimum atomic E-state index is -3.05. The summed E-state index contributed by atoms with van der Waals surface area (Å²) in [6, 6.07) is 1.96. The van der Waals surface area contributed by atoms with Crippen molar-refractivity contribution < 1.29 is 22.7 Å². The van der Waals surface area contributed by atoms with E-state index in [1.165, 1.54) is 13.0 Å². The highest BCUT2D eigenvalue weighted by Gasteiger charge is 2.24. The first-order chi connectivity index (χ1) is 8.01. The zero-order valence-corrected chi connectivity index (χ0v) is 8.71. The van der Waals surface area contributed by atoms with Gasteiger partial charge in [-0.05, 0) is 13.0 Å². The van der Waals surface area contributed by atoms with Gasteiger partial charge in [-0.2, -0.15) is 9.65 Å². The van der Waals surface area contributed by atoms with Gasteiger partial charge in [0.2, 0.25) is 5.95 Å². The highest BCUT2D eigenvalue weighted by Crippen LogP contribution is 2.24. The van der Waals surface area contributed by atoms with Gasteiger partial charge in [0.15, 0.2) is 5.69 Å². The van der Waals surface area contributed by atoms with Crippen LogP contribution >= 0.6 is 0 Å². The summed E-state index contributed by atoms with van der Waals surface area (Å²) in [5.41, 5.74) is -2.27. The molecule has 90 valence electrons. The summed E-state index contributed by atoms with van der Waals surface area (Å²) < 4.78 is 42.8. The van der Waals surface area contributed by atoms with Crippen LogP contribution in [-0.2, 0) is 4.74 Å². The van der Waals surface area contributed by atoms with E-state index in [-0.39, 0.29) is 6.61 Å². The van der Waals surface area contributed by atoms with E-state index in [1.807, 2.05) is 0 Å². The molecule has 0 radical (unpaired) electrons. The van der Waals surface area contributed by atoms with E-state index in [0.29, 0.717) is 6.07 Å². The fraction of sp³-hybridized carbons (Fsp3) is 0.300. The molecule has 4 nitrogen and oxygen atoms in total. The van der Waals surface area contributed by atoms with Crippen molar-refractivity contribution in [2.24, 2.45) is 0 Å². The van der Waals surface area contributed by atoms with Gasteiger partial charge in [-0.1, -0.05) is 0 Å². The molecule has 0 N–H and O–H groups in total. The molecule has 0 aliphatic rings. The van der Waals surface area contributed by atoms with E-state index < -0.39 is 35.2 Å². The van der Waals surface area contributed by atoms with Crippen molar-refractivity contribution in [1.82, 2.24) is 4.98 Å². The Morgan fingerprint density at radius 1 is 1.65 bits per heavy atom. The highest BCUT2D eigenvalue weighted by molar-refractivity contribution is 5.89. The summed E-state index contributed by atoms with van der Waals surface area (Å²) in [5, 5.41) is 8.47. The molecule has 0 fully saturated rings. The van der Waals surface area contributed by atoms with Crippen molar-refractivity contribution in [3.63, 3.8) is 0 Å². The van der Waals surface area contributed by atoms with E-state index in [1.54, 1.807) is 0 Å². The van der Waals surface area contributed by atoms with Crippen LogP contribution in [0.5, 0.6) is 0 Å². The predicted molar refractivity (Wildman–Crippen MR) is 49.8 cm³/mol. The first kappa shape index (κ1) is 13.0. The molecular weight excluding hydrogens is 237 g/mol. The van der Waals surface area contributed by atoms with Gasteiger partial charge in [-0.3, -0.25) is 0 Å². The lowest BCUT2D eigenvalue weighted by atomic mass is 10.1.